The van der Waals surface area contributed by atoms with Gasteiger partial charge in [-0.15, -0.1) is 0 Å². The summed E-state index contributed by atoms with van der Waals surface area (Å²) in [7, 11) is 0. The molecule has 1 aliphatic carbocycles. The maximum atomic E-state index is 9.81. The van der Waals surface area contributed by atoms with E-state index in [4.69, 9.17) is 0 Å². The molecule has 1 saturated carbocycles. The van der Waals surface area contributed by atoms with E-state index in [2.05, 4.69) is 6.92 Å². The van der Waals surface area contributed by atoms with Crippen molar-refractivity contribution in [2.75, 3.05) is 0 Å². The molecule has 5 atom stereocenters. The molecule has 0 aliphatic heterocycles. The second kappa shape index (κ2) is 3.75. The highest BCUT2D eigenvalue weighted by atomic mass is 16.3. The molecular weight excluding hydrogens is 152 g/mol. The summed E-state index contributed by atoms with van der Waals surface area (Å²) in [5, 5.41) is 19.5. The zero-order valence-corrected chi connectivity index (χ0v) is 8.20. The van der Waals surface area contributed by atoms with Gasteiger partial charge in [0, 0.05) is 0 Å². The molecule has 0 aromatic carbocycles. The fraction of sp³-hybridized carbons (Fsp3) is 1.00. The highest BCUT2D eigenvalue weighted by molar-refractivity contribution is 4.87. The first-order valence-electron chi connectivity index (χ1n) is 4.94. The van der Waals surface area contributed by atoms with Gasteiger partial charge in [-0.1, -0.05) is 27.2 Å². The second-order valence-corrected chi connectivity index (χ2v) is 4.18. The van der Waals surface area contributed by atoms with Gasteiger partial charge in [-0.05, 0) is 24.2 Å². The minimum absolute atomic E-state index is 0.214. The molecule has 0 aromatic rings. The van der Waals surface area contributed by atoms with E-state index in [1.54, 1.807) is 0 Å². The monoisotopic (exact) mass is 172 g/mol. The van der Waals surface area contributed by atoms with Crippen molar-refractivity contribution in [3.8, 4) is 0 Å². The lowest BCUT2D eigenvalue weighted by molar-refractivity contribution is -0.0677. The van der Waals surface area contributed by atoms with Crippen molar-refractivity contribution in [2.24, 2.45) is 17.8 Å². The average molecular weight is 172 g/mol. The van der Waals surface area contributed by atoms with E-state index < -0.39 is 0 Å². The molecule has 2 nitrogen and oxygen atoms in total. The zero-order chi connectivity index (χ0) is 9.30. The normalized spacial score (nSPS) is 49.2. The van der Waals surface area contributed by atoms with E-state index in [-0.39, 0.29) is 24.0 Å². The van der Waals surface area contributed by atoms with Crippen LogP contribution >= 0.6 is 0 Å². The van der Waals surface area contributed by atoms with Crippen molar-refractivity contribution in [2.45, 2.75) is 45.8 Å². The summed E-state index contributed by atoms with van der Waals surface area (Å²) in [5.74, 6) is 0.771. The summed E-state index contributed by atoms with van der Waals surface area (Å²) in [4.78, 5) is 0. The minimum Gasteiger partial charge on any atom is -0.393 e. The molecule has 12 heavy (non-hydrogen) atoms. The number of hydrogen-bond donors (Lipinski definition) is 2. The molecule has 1 aliphatic rings. The molecule has 1 fully saturated rings. The lowest BCUT2D eigenvalue weighted by Gasteiger charge is -2.40. The molecular formula is C10H20O2. The quantitative estimate of drug-likeness (QED) is 0.628. The summed E-state index contributed by atoms with van der Waals surface area (Å²) in [6.45, 7) is 6.12. The number of rotatable bonds is 1. The van der Waals surface area contributed by atoms with Gasteiger partial charge < -0.3 is 10.2 Å². The first kappa shape index (κ1) is 10.0. The number of aliphatic hydroxyl groups excluding tert-OH is 2. The third kappa shape index (κ3) is 1.64. The molecule has 2 heteroatoms. The molecule has 2 N–H and O–H groups in total. The molecule has 0 spiro atoms. The lowest BCUT2D eigenvalue weighted by atomic mass is 9.71. The van der Waals surface area contributed by atoms with E-state index >= 15 is 0 Å². The Bertz CT molecular complexity index is 142. The van der Waals surface area contributed by atoms with Crippen LogP contribution in [-0.4, -0.2) is 22.4 Å². The minimum atomic E-state index is -0.214. The Hall–Kier alpha value is -0.0800. The maximum absolute atomic E-state index is 9.81. The van der Waals surface area contributed by atoms with Crippen LogP contribution in [0, 0.1) is 17.8 Å². The van der Waals surface area contributed by atoms with Crippen molar-refractivity contribution in [1.82, 2.24) is 0 Å². The van der Waals surface area contributed by atoms with E-state index in [0.29, 0.717) is 5.92 Å². The third-order valence-electron chi connectivity index (χ3n) is 3.53. The van der Waals surface area contributed by atoms with Crippen molar-refractivity contribution >= 4 is 0 Å². The molecule has 5 unspecified atom stereocenters. The van der Waals surface area contributed by atoms with Gasteiger partial charge in [-0.25, -0.2) is 0 Å². The summed E-state index contributed by atoms with van der Waals surface area (Å²) in [6, 6.07) is 0. The summed E-state index contributed by atoms with van der Waals surface area (Å²) >= 11 is 0. The number of aliphatic hydroxyl groups is 2. The van der Waals surface area contributed by atoms with E-state index in [1.165, 1.54) is 0 Å². The van der Waals surface area contributed by atoms with Gasteiger partial charge in [0.05, 0.1) is 12.2 Å². The topological polar surface area (TPSA) is 40.5 Å². The Morgan fingerprint density at radius 2 is 1.75 bits per heavy atom. The fourth-order valence-electron chi connectivity index (χ4n) is 2.16. The molecule has 0 radical (unpaired) electrons. The largest absolute Gasteiger partial charge is 0.393 e. The van der Waals surface area contributed by atoms with E-state index in [0.717, 1.165) is 12.8 Å². The Balaban J connectivity index is 2.63. The Kier molecular flexibility index (Phi) is 3.13. The molecule has 0 amide bonds. The van der Waals surface area contributed by atoms with E-state index in [1.807, 2.05) is 13.8 Å². The predicted molar refractivity (Wildman–Crippen MR) is 48.7 cm³/mol. The first-order chi connectivity index (χ1) is 5.57. The van der Waals surface area contributed by atoms with Crippen LogP contribution in [0.15, 0.2) is 0 Å². The highest BCUT2D eigenvalue weighted by Gasteiger charge is 2.37. The first-order valence-corrected chi connectivity index (χ1v) is 4.94. The molecule has 1 rings (SSSR count). The van der Waals surface area contributed by atoms with Crippen LogP contribution in [0.2, 0.25) is 0 Å². The maximum Gasteiger partial charge on any atom is 0.0598 e. The molecule has 0 bridgehead atoms. The molecule has 72 valence electrons. The smallest absolute Gasteiger partial charge is 0.0598 e. The van der Waals surface area contributed by atoms with Crippen LogP contribution in [0.4, 0.5) is 0 Å². The van der Waals surface area contributed by atoms with Crippen molar-refractivity contribution < 1.29 is 10.2 Å². The van der Waals surface area contributed by atoms with E-state index in [9.17, 15) is 10.2 Å². The van der Waals surface area contributed by atoms with Crippen molar-refractivity contribution in [3.63, 3.8) is 0 Å². The number of hydrogen-bond acceptors (Lipinski definition) is 2. The molecule has 0 saturated heterocycles. The Morgan fingerprint density at radius 1 is 1.17 bits per heavy atom. The van der Waals surface area contributed by atoms with Gasteiger partial charge in [-0.2, -0.15) is 0 Å². The van der Waals surface area contributed by atoms with Gasteiger partial charge in [0.2, 0.25) is 0 Å². The Morgan fingerprint density at radius 3 is 2.25 bits per heavy atom. The average Bonchev–Trinajstić information content (AvgIpc) is 2.08. The van der Waals surface area contributed by atoms with Crippen LogP contribution in [0.5, 0.6) is 0 Å². The lowest BCUT2D eigenvalue weighted by Crippen LogP contribution is -2.43. The molecule has 0 heterocycles. The van der Waals surface area contributed by atoms with Crippen LogP contribution in [0.1, 0.15) is 33.6 Å². The third-order valence-corrected chi connectivity index (χ3v) is 3.53. The van der Waals surface area contributed by atoms with Crippen LogP contribution in [0.3, 0.4) is 0 Å². The van der Waals surface area contributed by atoms with Crippen LogP contribution in [0.25, 0.3) is 0 Å². The summed E-state index contributed by atoms with van der Waals surface area (Å²) in [6.07, 6.45) is 1.31. The summed E-state index contributed by atoms with van der Waals surface area (Å²) < 4.78 is 0. The standard InChI is InChI=1S/C10H20O2/c1-4-8-5-9(11)6(2)7(3)10(8)12/h6-12H,4-5H2,1-3H3. The van der Waals surface area contributed by atoms with Gasteiger partial charge in [-0.3, -0.25) is 0 Å². The predicted octanol–water partition coefficient (Wildman–Crippen LogP) is 1.41. The van der Waals surface area contributed by atoms with Crippen molar-refractivity contribution in [3.05, 3.63) is 0 Å². The van der Waals surface area contributed by atoms with Gasteiger partial charge >= 0.3 is 0 Å². The van der Waals surface area contributed by atoms with Crippen molar-refractivity contribution in [1.29, 1.82) is 0 Å². The van der Waals surface area contributed by atoms with Gasteiger partial charge in [0.25, 0.3) is 0 Å². The SMILES string of the molecule is CCC1CC(O)C(C)C(C)C1O. The summed E-state index contributed by atoms with van der Waals surface area (Å²) in [5.41, 5.74) is 0. The zero-order valence-electron chi connectivity index (χ0n) is 8.20. The fourth-order valence-corrected chi connectivity index (χ4v) is 2.16. The van der Waals surface area contributed by atoms with Crippen LogP contribution in [-0.2, 0) is 0 Å². The Labute approximate surface area is 74.6 Å². The molecule has 0 aromatic heterocycles. The van der Waals surface area contributed by atoms with Crippen LogP contribution < -0.4 is 0 Å². The van der Waals surface area contributed by atoms with Gasteiger partial charge in [0.1, 0.15) is 0 Å². The highest BCUT2D eigenvalue weighted by Crippen LogP contribution is 2.35. The second-order valence-electron chi connectivity index (χ2n) is 4.18. The van der Waals surface area contributed by atoms with Gasteiger partial charge in [0.15, 0.2) is 0 Å².